The molecule has 0 radical (unpaired) electrons. The lowest BCUT2D eigenvalue weighted by Gasteiger charge is -2.25. The smallest absolute Gasteiger partial charge is 0.258 e. The molecule has 92 valence electrons. The highest BCUT2D eigenvalue weighted by Crippen LogP contribution is 2.33. The minimum Gasteiger partial charge on any atom is -0.365 e. The molecule has 0 aliphatic carbocycles. The van der Waals surface area contributed by atoms with Gasteiger partial charge in [0.1, 0.15) is 0 Å². The molecular weight excluding hydrogens is 236 g/mol. The third kappa shape index (κ3) is 2.20. The van der Waals surface area contributed by atoms with Crippen molar-refractivity contribution in [3.63, 3.8) is 0 Å². The first kappa shape index (κ1) is 12.1. The number of carbonyl (C=O) groups is 2. The summed E-state index contributed by atoms with van der Waals surface area (Å²) in [6.45, 7) is 6.93. The second-order valence-electron chi connectivity index (χ2n) is 5.33. The molecule has 17 heavy (non-hydrogen) atoms. The van der Waals surface area contributed by atoms with Gasteiger partial charge in [0, 0.05) is 16.8 Å². The number of hydrogen-bond donors (Lipinski definition) is 1. The van der Waals surface area contributed by atoms with E-state index in [4.69, 9.17) is 5.73 Å². The van der Waals surface area contributed by atoms with Crippen molar-refractivity contribution >= 4 is 23.2 Å². The SMILES string of the molecule is CC(C)(C)C(=O)N1Cc2cc(C(N)=O)sc2C1. The Morgan fingerprint density at radius 3 is 2.47 bits per heavy atom. The maximum atomic E-state index is 12.1. The second kappa shape index (κ2) is 3.84. The van der Waals surface area contributed by atoms with E-state index in [0.717, 1.165) is 10.4 Å². The van der Waals surface area contributed by atoms with Gasteiger partial charge in [-0.25, -0.2) is 0 Å². The predicted molar refractivity (Wildman–Crippen MR) is 66.5 cm³/mol. The number of carbonyl (C=O) groups excluding carboxylic acids is 2. The summed E-state index contributed by atoms with van der Waals surface area (Å²) in [4.78, 5) is 26.6. The average Bonchev–Trinajstić information content (AvgIpc) is 2.70. The van der Waals surface area contributed by atoms with E-state index in [2.05, 4.69) is 0 Å². The molecule has 0 unspecified atom stereocenters. The maximum Gasteiger partial charge on any atom is 0.258 e. The minimum atomic E-state index is -0.391. The third-order valence-corrected chi connectivity index (χ3v) is 3.94. The molecule has 5 heteroatoms. The normalized spacial score (nSPS) is 14.9. The van der Waals surface area contributed by atoms with E-state index >= 15 is 0 Å². The van der Waals surface area contributed by atoms with E-state index in [1.165, 1.54) is 11.3 Å². The van der Waals surface area contributed by atoms with Crippen LogP contribution in [0, 0.1) is 5.41 Å². The molecule has 0 saturated heterocycles. The van der Waals surface area contributed by atoms with E-state index in [1.54, 1.807) is 6.07 Å². The molecule has 0 aromatic carbocycles. The van der Waals surface area contributed by atoms with Crippen LogP contribution in [0.1, 0.15) is 40.9 Å². The Hall–Kier alpha value is -1.36. The van der Waals surface area contributed by atoms with Gasteiger partial charge in [0.2, 0.25) is 5.91 Å². The van der Waals surface area contributed by atoms with Gasteiger partial charge >= 0.3 is 0 Å². The molecule has 0 atom stereocenters. The van der Waals surface area contributed by atoms with Gasteiger partial charge in [-0.3, -0.25) is 9.59 Å². The van der Waals surface area contributed by atoms with Gasteiger partial charge < -0.3 is 10.6 Å². The summed E-state index contributed by atoms with van der Waals surface area (Å²) >= 11 is 1.39. The van der Waals surface area contributed by atoms with Crippen molar-refractivity contribution in [2.45, 2.75) is 33.9 Å². The van der Waals surface area contributed by atoms with Crippen LogP contribution in [0.15, 0.2) is 6.07 Å². The summed E-state index contributed by atoms with van der Waals surface area (Å²) in [6, 6.07) is 1.80. The molecule has 2 amide bonds. The van der Waals surface area contributed by atoms with Gasteiger partial charge in [-0.2, -0.15) is 0 Å². The van der Waals surface area contributed by atoms with Crippen molar-refractivity contribution in [1.29, 1.82) is 0 Å². The number of amides is 2. The van der Waals surface area contributed by atoms with Gasteiger partial charge in [0.25, 0.3) is 5.91 Å². The molecule has 2 heterocycles. The van der Waals surface area contributed by atoms with Gasteiger partial charge in [-0.05, 0) is 11.6 Å². The Bertz CT molecular complexity index is 462. The Labute approximate surface area is 104 Å². The molecule has 2 N–H and O–H groups in total. The van der Waals surface area contributed by atoms with Crippen molar-refractivity contribution in [2.75, 3.05) is 0 Å². The van der Waals surface area contributed by atoms with Gasteiger partial charge in [0.05, 0.1) is 11.4 Å². The monoisotopic (exact) mass is 252 g/mol. The molecule has 0 fully saturated rings. The number of fused-ring (bicyclic) bond motifs is 1. The number of nitrogens with zero attached hydrogens (tertiary/aromatic N) is 1. The summed E-state index contributed by atoms with van der Waals surface area (Å²) in [6.07, 6.45) is 0. The van der Waals surface area contributed by atoms with Crippen molar-refractivity contribution in [3.05, 3.63) is 21.4 Å². The average molecular weight is 252 g/mol. The topological polar surface area (TPSA) is 63.4 Å². The van der Waals surface area contributed by atoms with Crippen LogP contribution >= 0.6 is 11.3 Å². The maximum absolute atomic E-state index is 12.1. The molecule has 2 rings (SSSR count). The Morgan fingerprint density at radius 2 is 2.00 bits per heavy atom. The summed E-state index contributed by atoms with van der Waals surface area (Å²) < 4.78 is 0. The van der Waals surface area contributed by atoms with E-state index < -0.39 is 5.91 Å². The van der Waals surface area contributed by atoms with Crippen molar-refractivity contribution < 1.29 is 9.59 Å². The van der Waals surface area contributed by atoms with Crippen LogP contribution in [0.2, 0.25) is 0 Å². The van der Waals surface area contributed by atoms with Gasteiger partial charge in [-0.1, -0.05) is 20.8 Å². The number of hydrogen-bond acceptors (Lipinski definition) is 3. The summed E-state index contributed by atoms with van der Waals surface area (Å²) in [5.41, 5.74) is 5.93. The van der Waals surface area contributed by atoms with Crippen LogP contribution in [0.4, 0.5) is 0 Å². The molecule has 1 aliphatic heterocycles. The molecule has 1 aliphatic rings. The van der Waals surface area contributed by atoms with Gasteiger partial charge in [-0.15, -0.1) is 11.3 Å². The summed E-state index contributed by atoms with van der Waals surface area (Å²) in [7, 11) is 0. The fourth-order valence-electron chi connectivity index (χ4n) is 1.91. The van der Waals surface area contributed by atoms with Crippen LogP contribution in [0.3, 0.4) is 0 Å². The fourth-order valence-corrected chi connectivity index (χ4v) is 2.95. The van der Waals surface area contributed by atoms with Crippen LogP contribution in [0.25, 0.3) is 0 Å². The Morgan fingerprint density at radius 1 is 1.35 bits per heavy atom. The van der Waals surface area contributed by atoms with Crippen LogP contribution in [-0.2, 0) is 17.9 Å². The second-order valence-corrected chi connectivity index (χ2v) is 6.47. The lowest BCUT2D eigenvalue weighted by Crippen LogP contribution is -2.35. The predicted octanol–water partition coefficient (Wildman–Crippen LogP) is 1.74. The first-order chi connectivity index (χ1) is 7.79. The lowest BCUT2D eigenvalue weighted by atomic mass is 9.95. The highest BCUT2D eigenvalue weighted by molar-refractivity contribution is 7.14. The van der Waals surface area contributed by atoms with Crippen molar-refractivity contribution in [2.24, 2.45) is 11.1 Å². The largest absolute Gasteiger partial charge is 0.365 e. The highest BCUT2D eigenvalue weighted by atomic mass is 32.1. The van der Waals surface area contributed by atoms with Crippen molar-refractivity contribution in [3.8, 4) is 0 Å². The van der Waals surface area contributed by atoms with E-state index in [9.17, 15) is 9.59 Å². The third-order valence-electron chi connectivity index (χ3n) is 2.76. The zero-order valence-electron chi connectivity index (χ0n) is 10.2. The molecule has 0 spiro atoms. The first-order valence-electron chi connectivity index (χ1n) is 5.50. The molecule has 1 aromatic rings. The standard InChI is InChI=1S/C12H16N2O2S/c1-12(2,3)11(16)14-5-7-4-8(10(13)15)17-9(7)6-14/h4H,5-6H2,1-3H3,(H2,13,15). The Balaban J connectivity index is 2.16. The van der Waals surface area contributed by atoms with E-state index in [-0.39, 0.29) is 11.3 Å². The number of primary amides is 1. The zero-order valence-corrected chi connectivity index (χ0v) is 11.1. The highest BCUT2D eigenvalue weighted by Gasteiger charge is 2.32. The first-order valence-corrected chi connectivity index (χ1v) is 6.31. The van der Waals surface area contributed by atoms with Gasteiger partial charge in [0.15, 0.2) is 0 Å². The zero-order chi connectivity index (χ0) is 12.8. The Kier molecular flexibility index (Phi) is 2.73. The molecule has 0 saturated carbocycles. The molecule has 0 bridgehead atoms. The minimum absolute atomic E-state index is 0.140. The van der Waals surface area contributed by atoms with Crippen LogP contribution in [-0.4, -0.2) is 16.7 Å². The van der Waals surface area contributed by atoms with Crippen LogP contribution in [0.5, 0.6) is 0 Å². The quantitative estimate of drug-likeness (QED) is 0.827. The molecular formula is C12H16N2O2S. The lowest BCUT2D eigenvalue weighted by molar-refractivity contribution is -0.140. The van der Waals surface area contributed by atoms with E-state index in [1.807, 2.05) is 25.7 Å². The molecule has 4 nitrogen and oxygen atoms in total. The number of rotatable bonds is 1. The van der Waals surface area contributed by atoms with Crippen molar-refractivity contribution in [1.82, 2.24) is 4.90 Å². The molecule has 1 aromatic heterocycles. The number of nitrogens with two attached hydrogens (primary N) is 1. The summed E-state index contributed by atoms with van der Waals surface area (Å²) in [5.74, 6) is -0.250. The summed E-state index contributed by atoms with van der Waals surface area (Å²) in [5, 5.41) is 0. The number of thiophene rings is 1. The van der Waals surface area contributed by atoms with Crippen LogP contribution < -0.4 is 5.73 Å². The fraction of sp³-hybridized carbons (Fsp3) is 0.500. The van der Waals surface area contributed by atoms with E-state index in [0.29, 0.717) is 18.0 Å².